The maximum absolute atomic E-state index is 9.06. The summed E-state index contributed by atoms with van der Waals surface area (Å²) in [4.78, 5) is 0.995. The summed E-state index contributed by atoms with van der Waals surface area (Å²) in [6, 6.07) is 5.95. The van der Waals surface area contributed by atoms with Gasteiger partial charge < -0.3 is 14.8 Å². The van der Waals surface area contributed by atoms with Crippen LogP contribution in [0.4, 0.5) is 5.69 Å². The molecule has 0 fully saturated rings. The lowest BCUT2D eigenvalue weighted by atomic mass is 10.1. The van der Waals surface area contributed by atoms with E-state index in [0.717, 1.165) is 16.3 Å². The zero-order chi connectivity index (χ0) is 13.8. The van der Waals surface area contributed by atoms with Crippen LogP contribution in [-0.4, -0.2) is 26.0 Å². The van der Waals surface area contributed by atoms with E-state index in [2.05, 4.69) is 11.4 Å². The molecule has 0 unspecified atom stereocenters. The Hall–Kier alpha value is -1.54. The summed E-state index contributed by atoms with van der Waals surface area (Å²) in [5.74, 6) is 1.46. The van der Waals surface area contributed by atoms with Crippen molar-refractivity contribution in [2.45, 2.75) is 24.3 Å². The Balaban J connectivity index is 3.22. The summed E-state index contributed by atoms with van der Waals surface area (Å²) in [5.41, 5.74) is 0.0813. The maximum atomic E-state index is 9.06. The molecule has 0 spiro atoms. The second-order valence-corrected chi connectivity index (χ2v) is 5.12. The molecule has 0 saturated heterocycles. The van der Waals surface area contributed by atoms with Gasteiger partial charge in [0.1, 0.15) is 17.0 Å². The molecule has 1 rings (SSSR count). The normalized spacial score (nSPS) is 10.7. The van der Waals surface area contributed by atoms with E-state index in [0.29, 0.717) is 5.75 Å². The largest absolute Gasteiger partial charge is 0.496 e. The first-order valence-electron chi connectivity index (χ1n) is 5.47. The van der Waals surface area contributed by atoms with Crippen LogP contribution < -0.4 is 14.8 Å². The van der Waals surface area contributed by atoms with E-state index in [1.807, 2.05) is 18.4 Å². The van der Waals surface area contributed by atoms with Crippen molar-refractivity contribution in [3.8, 4) is 17.6 Å². The fourth-order valence-corrected chi connectivity index (χ4v) is 2.06. The van der Waals surface area contributed by atoms with Crippen LogP contribution in [0.5, 0.6) is 11.5 Å². The van der Waals surface area contributed by atoms with Crippen LogP contribution in [0.2, 0.25) is 0 Å². The van der Waals surface area contributed by atoms with E-state index < -0.39 is 5.54 Å². The summed E-state index contributed by atoms with van der Waals surface area (Å²) in [6.45, 7) is 3.61. The van der Waals surface area contributed by atoms with Gasteiger partial charge in [-0.1, -0.05) is 0 Å². The first-order valence-corrected chi connectivity index (χ1v) is 6.69. The van der Waals surface area contributed by atoms with Crippen LogP contribution in [0.1, 0.15) is 13.8 Å². The number of thioether (sulfide) groups is 1. The van der Waals surface area contributed by atoms with E-state index in [-0.39, 0.29) is 0 Å². The van der Waals surface area contributed by atoms with Crippen molar-refractivity contribution in [3.05, 3.63) is 12.1 Å². The number of nitrogens with one attached hydrogen (secondary N) is 1. The first-order chi connectivity index (χ1) is 8.47. The summed E-state index contributed by atoms with van der Waals surface area (Å²) < 4.78 is 10.7. The van der Waals surface area contributed by atoms with Gasteiger partial charge in [-0.15, -0.1) is 11.8 Å². The van der Waals surface area contributed by atoms with Gasteiger partial charge in [-0.3, -0.25) is 0 Å². The number of anilines is 1. The van der Waals surface area contributed by atoms with Gasteiger partial charge in [0.25, 0.3) is 0 Å². The Morgan fingerprint density at radius 1 is 1.22 bits per heavy atom. The molecule has 0 heterocycles. The Labute approximate surface area is 112 Å². The molecule has 0 aliphatic rings. The van der Waals surface area contributed by atoms with Crippen molar-refractivity contribution in [3.63, 3.8) is 0 Å². The number of ether oxygens (including phenoxy) is 2. The summed E-state index contributed by atoms with van der Waals surface area (Å²) in [5, 5.41) is 12.2. The van der Waals surface area contributed by atoms with Crippen LogP contribution in [0.25, 0.3) is 0 Å². The third kappa shape index (κ3) is 3.23. The van der Waals surface area contributed by atoms with E-state index in [1.54, 1.807) is 39.8 Å². The Kier molecular flexibility index (Phi) is 4.74. The predicted octanol–water partition coefficient (Wildman–Crippen LogP) is 3.14. The highest BCUT2D eigenvalue weighted by Gasteiger charge is 2.19. The highest BCUT2D eigenvalue weighted by molar-refractivity contribution is 7.98. The molecule has 98 valence electrons. The molecule has 1 N–H and O–H groups in total. The summed E-state index contributed by atoms with van der Waals surface area (Å²) >= 11 is 1.58. The molecular formula is C13H18N2O2S. The Morgan fingerprint density at radius 3 is 2.28 bits per heavy atom. The second-order valence-electron chi connectivity index (χ2n) is 4.27. The predicted molar refractivity (Wildman–Crippen MR) is 74.6 cm³/mol. The molecular weight excluding hydrogens is 248 g/mol. The van der Waals surface area contributed by atoms with Crippen molar-refractivity contribution in [1.82, 2.24) is 0 Å². The number of nitrogens with zero attached hydrogens (tertiary/aromatic N) is 1. The van der Waals surface area contributed by atoms with Crippen LogP contribution in [0.15, 0.2) is 17.0 Å². The molecule has 0 aliphatic carbocycles. The lowest BCUT2D eigenvalue weighted by molar-refractivity contribution is 0.395. The molecule has 0 aliphatic heterocycles. The van der Waals surface area contributed by atoms with E-state index in [4.69, 9.17) is 14.7 Å². The molecule has 0 radical (unpaired) electrons. The highest BCUT2D eigenvalue weighted by atomic mass is 32.2. The van der Waals surface area contributed by atoms with Gasteiger partial charge in [-0.05, 0) is 26.2 Å². The molecule has 0 amide bonds. The Morgan fingerprint density at radius 2 is 1.83 bits per heavy atom. The van der Waals surface area contributed by atoms with Gasteiger partial charge in [-0.2, -0.15) is 5.26 Å². The maximum Gasteiger partial charge on any atom is 0.143 e. The van der Waals surface area contributed by atoms with Gasteiger partial charge in [0.15, 0.2) is 0 Å². The van der Waals surface area contributed by atoms with Crippen molar-refractivity contribution >= 4 is 17.4 Å². The topological polar surface area (TPSA) is 54.3 Å². The molecule has 5 heteroatoms. The first kappa shape index (κ1) is 14.5. The number of nitriles is 1. The molecule has 4 nitrogen and oxygen atoms in total. The molecule has 0 aromatic heterocycles. The average molecular weight is 266 g/mol. The zero-order valence-corrected chi connectivity index (χ0v) is 12.1. The molecule has 0 bridgehead atoms. The molecule has 1 aromatic rings. The van der Waals surface area contributed by atoms with E-state index in [9.17, 15) is 0 Å². The monoisotopic (exact) mass is 266 g/mol. The van der Waals surface area contributed by atoms with Crippen LogP contribution in [0.3, 0.4) is 0 Å². The molecule has 0 saturated carbocycles. The van der Waals surface area contributed by atoms with Crippen LogP contribution in [0, 0.1) is 11.3 Å². The standard InChI is InChI=1S/C13H18N2O2S/c1-13(2,8-14)15-9-6-11(17-4)12(18-5)7-10(9)16-3/h6-7,15H,1-5H3. The second kappa shape index (κ2) is 5.87. The fourth-order valence-electron chi connectivity index (χ4n) is 1.49. The molecule has 18 heavy (non-hydrogen) atoms. The average Bonchev–Trinajstić information content (AvgIpc) is 2.37. The lowest BCUT2D eigenvalue weighted by Crippen LogP contribution is -2.28. The quantitative estimate of drug-likeness (QED) is 0.830. The number of rotatable bonds is 5. The number of hydrogen-bond acceptors (Lipinski definition) is 5. The lowest BCUT2D eigenvalue weighted by Gasteiger charge is -2.22. The van der Waals surface area contributed by atoms with Gasteiger partial charge in [0.2, 0.25) is 0 Å². The number of methoxy groups -OCH3 is 2. The van der Waals surface area contributed by atoms with Crippen molar-refractivity contribution in [2.24, 2.45) is 0 Å². The van der Waals surface area contributed by atoms with Gasteiger partial charge >= 0.3 is 0 Å². The minimum absolute atomic E-state index is 0.667. The van der Waals surface area contributed by atoms with E-state index in [1.165, 1.54) is 0 Å². The molecule has 1 aromatic carbocycles. The van der Waals surface area contributed by atoms with E-state index >= 15 is 0 Å². The summed E-state index contributed by atoms with van der Waals surface area (Å²) in [7, 11) is 3.23. The number of hydrogen-bond donors (Lipinski definition) is 1. The van der Waals surface area contributed by atoms with Crippen LogP contribution >= 0.6 is 11.8 Å². The minimum Gasteiger partial charge on any atom is -0.496 e. The summed E-state index contributed by atoms with van der Waals surface area (Å²) in [6.07, 6.45) is 1.98. The number of benzene rings is 1. The van der Waals surface area contributed by atoms with Crippen molar-refractivity contribution in [2.75, 3.05) is 25.8 Å². The van der Waals surface area contributed by atoms with Crippen LogP contribution in [-0.2, 0) is 0 Å². The molecule has 0 atom stereocenters. The SMILES string of the molecule is COc1cc(SC)c(OC)cc1NC(C)(C)C#N. The highest BCUT2D eigenvalue weighted by Crippen LogP contribution is 2.38. The third-order valence-electron chi connectivity index (χ3n) is 2.43. The van der Waals surface area contributed by atoms with Gasteiger partial charge in [-0.25, -0.2) is 0 Å². The van der Waals surface area contributed by atoms with Crippen molar-refractivity contribution in [1.29, 1.82) is 5.26 Å². The van der Waals surface area contributed by atoms with Gasteiger partial charge in [0.05, 0.1) is 30.9 Å². The van der Waals surface area contributed by atoms with Crippen molar-refractivity contribution < 1.29 is 9.47 Å². The minimum atomic E-state index is -0.667. The third-order valence-corrected chi connectivity index (χ3v) is 3.19. The fraction of sp³-hybridized carbons (Fsp3) is 0.462. The zero-order valence-electron chi connectivity index (χ0n) is 11.3. The smallest absolute Gasteiger partial charge is 0.143 e. The Bertz CT molecular complexity index is 467. The van der Waals surface area contributed by atoms with Gasteiger partial charge in [0, 0.05) is 6.07 Å².